The van der Waals surface area contributed by atoms with Crippen LogP contribution in [-0.2, 0) is 19.1 Å². The zero-order valence-corrected chi connectivity index (χ0v) is 16.1. The van der Waals surface area contributed by atoms with Crippen molar-refractivity contribution in [1.29, 1.82) is 0 Å². The smallest absolute Gasteiger partial charge is 0.311 e. The second-order valence-corrected chi connectivity index (χ2v) is 8.69. The molecule has 2 rings (SSSR count). The van der Waals surface area contributed by atoms with Gasteiger partial charge in [-0.1, -0.05) is 26.7 Å². The zero-order valence-electron chi connectivity index (χ0n) is 16.1. The third-order valence-electron chi connectivity index (χ3n) is 5.42. The number of rotatable bonds is 4. The van der Waals surface area contributed by atoms with E-state index in [9.17, 15) is 14.4 Å². The number of esters is 1. The Labute approximate surface area is 150 Å². The van der Waals surface area contributed by atoms with Gasteiger partial charge in [-0.15, -0.1) is 0 Å². The molecule has 0 bridgehead atoms. The predicted molar refractivity (Wildman–Crippen MR) is 94.6 cm³/mol. The van der Waals surface area contributed by atoms with E-state index < -0.39 is 11.9 Å². The molecule has 1 heterocycles. The van der Waals surface area contributed by atoms with Crippen LogP contribution in [0.25, 0.3) is 0 Å². The number of nitrogens with one attached hydrogen (secondary N) is 1. The highest BCUT2D eigenvalue weighted by molar-refractivity contribution is 5.88. The van der Waals surface area contributed by atoms with E-state index in [2.05, 4.69) is 19.2 Å². The number of carbonyl (C=O) groups excluding carboxylic acids is 3. The van der Waals surface area contributed by atoms with E-state index in [1.54, 1.807) is 0 Å². The third-order valence-corrected chi connectivity index (χ3v) is 5.42. The summed E-state index contributed by atoms with van der Waals surface area (Å²) in [5.74, 6) is -0.150. The monoisotopic (exact) mass is 352 g/mol. The molecule has 0 unspecified atom stereocenters. The Kier molecular flexibility index (Phi) is 6.12. The van der Waals surface area contributed by atoms with Crippen LogP contribution in [0.4, 0.5) is 0 Å². The normalized spacial score (nSPS) is 30.3. The summed E-state index contributed by atoms with van der Waals surface area (Å²) in [7, 11) is 0. The van der Waals surface area contributed by atoms with E-state index in [1.807, 2.05) is 25.7 Å². The van der Waals surface area contributed by atoms with Gasteiger partial charge >= 0.3 is 5.97 Å². The maximum absolute atomic E-state index is 12.4. The van der Waals surface area contributed by atoms with Crippen LogP contribution in [0, 0.1) is 17.8 Å². The molecule has 142 valence electrons. The van der Waals surface area contributed by atoms with Crippen molar-refractivity contribution in [3.8, 4) is 0 Å². The summed E-state index contributed by atoms with van der Waals surface area (Å²) >= 11 is 0. The summed E-state index contributed by atoms with van der Waals surface area (Å²) in [5.41, 5.74) is -0.364. The molecule has 1 saturated heterocycles. The highest BCUT2D eigenvalue weighted by Gasteiger charge is 2.42. The molecule has 1 aliphatic heterocycles. The molecule has 2 aliphatic rings. The molecule has 0 aromatic heterocycles. The minimum atomic E-state index is -0.459. The largest absolute Gasteiger partial charge is 0.455 e. The van der Waals surface area contributed by atoms with Gasteiger partial charge in [-0.2, -0.15) is 0 Å². The molecule has 6 heteroatoms. The van der Waals surface area contributed by atoms with Gasteiger partial charge in [-0.3, -0.25) is 14.4 Å². The minimum absolute atomic E-state index is 0.0343. The van der Waals surface area contributed by atoms with Gasteiger partial charge in [0, 0.05) is 24.5 Å². The van der Waals surface area contributed by atoms with Crippen molar-refractivity contribution in [3.05, 3.63) is 0 Å². The molecule has 1 N–H and O–H groups in total. The molecule has 4 atom stereocenters. The van der Waals surface area contributed by atoms with Crippen LogP contribution in [0.3, 0.4) is 0 Å². The third kappa shape index (κ3) is 5.19. The lowest BCUT2D eigenvalue weighted by Gasteiger charge is -2.39. The number of hydrogen-bond donors (Lipinski definition) is 1. The maximum Gasteiger partial charge on any atom is 0.311 e. The van der Waals surface area contributed by atoms with E-state index in [1.165, 1.54) is 6.42 Å². The Balaban J connectivity index is 1.87. The van der Waals surface area contributed by atoms with Gasteiger partial charge in [0.2, 0.25) is 5.91 Å². The first-order valence-corrected chi connectivity index (χ1v) is 9.35. The quantitative estimate of drug-likeness (QED) is 0.787. The number of likely N-dealkylation sites (tertiary alicyclic amines) is 1. The lowest BCUT2D eigenvalue weighted by atomic mass is 9.77. The number of amides is 2. The van der Waals surface area contributed by atoms with Crippen molar-refractivity contribution in [2.75, 3.05) is 13.2 Å². The summed E-state index contributed by atoms with van der Waals surface area (Å²) < 4.78 is 5.14. The van der Waals surface area contributed by atoms with Crippen LogP contribution in [0.2, 0.25) is 0 Å². The van der Waals surface area contributed by atoms with Crippen molar-refractivity contribution in [2.45, 2.75) is 71.9 Å². The van der Waals surface area contributed by atoms with Crippen molar-refractivity contribution in [3.63, 3.8) is 0 Å². The van der Waals surface area contributed by atoms with Crippen LogP contribution in [-0.4, -0.2) is 47.4 Å². The van der Waals surface area contributed by atoms with Gasteiger partial charge < -0.3 is 15.0 Å². The van der Waals surface area contributed by atoms with E-state index in [0.717, 1.165) is 12.8 Å². The van der Waals surface area contributed by atoms with Crippen molar-refractivity contribution in [1.82, 2.24) is 10.2 Å². The number of nitrogens with zero attached hydrogens (tertiary/aromatic N) is 1. The molecular formula is C19H32N2O4. The molecule has 2 fully saturated rings. The minimum Gasteiger partial charge on any atom is -0.455 e. The zero-order chi connectivity index (χ0) is 18.8. The summed E-state index contributed by atoms with van der Waals surface area (Å²) in [6, 6.07) is 0.221. The second-order valence-electron chi connectivity index (χ2n) is 8.69. The number of ether oxygens (including phenoxy) is 1. The SMILES string of the molecule is C[C@@H]1[C@H](C)CCC[C@@H]1N1C[C@H](C(=O)OCC(=O)NC(C)(C)C)CC1=O. The van der Waals surface area contributed by atoms with Crippen LogP contribution in [0.5, 0.6) is 0 Å². The summed E-state index contributed by atoms with van der Waals surface area (Å²) in [5, 5.41) is 2.75. The molecule has 1 aliphatic carbocycles. The Morgan fingerprint density at radius 1 is 1.24 bits per heavy atom. The van der Waals surface area contributed by atoms with Crippen LogP contribution in [0.15, 0.2) is 0 Å². The van der Waals surface area contributed by atoms with Gasteiger partial charge in [-0.05, 0) is 39.0 Å². The molecule has 0 radical (unpaired) electrons. The van der Waals surface area contributed by atoms with E-state index in [0.29, 0.717) is 18.4 Å². The van der Waals surface area contributed by atoms with Crippen LogP contribution < -0.4 is 5.32 Å². The highest BCUT2D eigenvalue weighted by Crippen LogP contribution is 2.35. The van der Waals surface area contributed by atoms with Gasteiger partial charge in [0.1, 0.15) is 0 Å². The highest BCUT2D eigenvalue weighted by atomic mass is 16.5. The lowest BCUT2D eigenvalue weighted by molar-refractivity contribution is -0.152. The second kappa shape index (κ2) is 7.75. The van der Waals surface area contributed by atoms with Crippen molar-refractivity contribution < 1.29 is 19.1 Å². The average molecular weight is 352 g/mol. The van der Waals surface area contributed by atoms with E-state index in [-0.39, 0.29) is 36.4 Å². The molecule has 1 saturated carbocycles. The Morgan fingerprint density at radius 2 is 1.92 bits per heavy atom. The predicted octanol–water partition coefficient (Wildman–Crippen LogP) is 2.12. The molecule has 25 heavy (non-hydrogen) atoms. The van der Waals surface area contributed by atoms with Gasteiger partial charge in [0.05, 0.1) is 5.92 Å². The Morgan fingerprint density at radius 3 is 2.56 bits per heavy atom. The first-order chi connectivity index (χ1) is 11.6. The lowest BCUT2D eigenvalue weighted by Crippen LogP contribution is -2.45. The molecule has 0 aromatic rings. The fraction of sp³-hybridized carbons (Fsp3) is 0.842. The van der Waals surface area contributed by atoms with Crippen LogP contribution >= 0.6 is 0 Å². The van der Waals surface area contributed by atoms with E-state index in [4.69, 9.17) is 4.74 Å². The van der Waals surface area contributed by atoms with Gasteiger partial charge in [-0.25, -0.2) is 0 Å². The maximum atomic E-state index is 12.4. The molecule has 0 aromatic carbocycles. The Bertz CT molecular complexity index is 526. The average Bonchev–Trinajstić information content (AvgIpc) is 2.88. The molecule has 2 amide bonds. The summed E-state index contributed by atoms with van der Waals surface area (Å²) in [6.07, 6.45) is 3.53. The van der Waals surface area contributed by atoms with Gasteiger partial charge in [0.25, 0.3) is 5.91 Å². The fourth-order valence-corrected chi connectivity index (χ4v) is 3.91. The molecular weight excluding hydrogens is 320 g/mol. The number of carbonyl (C=O) groups is 3. The first kappa shape index (κ1) is 19.7. The summed E-state index contributed by atoms with van der Waals surface area (Å²) in [4.78, 5) is 38.3. The molecule has 0 spiro atoms. The standard InChI is InChI=1S/C19H32N2O4/c1-12-7-6-8-15(13(12)2)21-10-14(9-17(21)23)18(24)25-11-16(22)20-19(3,4)5/h12-15H,6-11H2,1-5H3,(H,20,22)/t12-,13-,14-,15+/m1/s1. The van der Waals surface area contributed by atoms with E-state index >= 15 is 0 Å². The van der Waals surface area contributed by atoms with Gasteiger partial charge in [0.15, 0.2) is 6.61 Å². The topological polar surface area (TPSA) is 75.7 Å². The first-order valence-electron chi connectivity index (χ1n) is 9.35. The summed E-state index contributed by atoms with van der Waals surface area (Å²) in [6.45, 7) is 10.2. The van der Waals surface area contributed by atoms with Crippen molar-refractivity contribution >= 4 is 17.8 Å². The van der Waals surface area contributed by atoms with Crippen molar-refractivity contribution in [2.24, 2.45) is 17.8 Å². The fourth-order valence-electron chi connectivity index (χ4n) is 3.91. The molecule has 6 nitrogen and oxygen atoms in total. The Hall–Kier alpha value is -1.59. The van der Waals surface area contributed by atoms with Crippen LogP contribution in [0.1, 0.15) is 60.3 Å². The number of hydrogen-bond acceptors (Lipinski definition) is 4.